The quantitative estimate of drug-likeness (QED) is 0.833. The fourth-order valence-electron chi connectivity index (χ4n) is 3.12. The topological polar surface area (TPSA) is 33.1 Å². The molecule has 0 atom stereocenters. The first kappa shape index (κ1) is 16.3. The third-order valence-electron chi connectivity index (χ3n) is 4.88. The summed E-state index contributed by atoms with van der Waals surface area (Å²) in [5, 5.41) is 8.14. The number of likely N-dealkylation sites (N-methyl/N-ethyl adjacent to an activating group) is 1. The summed E-state index contributed by atoms with van der Waals surface area (Å²) in [6.45, 7) is 13.5. The van der Waals surface area contributed by atoms with E-state index in [-0.39, 0.29) is 0 Å². The van der Waals surface area contributed by atoms with Gasteiger partial charge in [-0.1, -0.05) is 27.7 Å². The Morgan fingerprint density at radius 3 is 2.57 bits per heavy atom. The average molecular weight is 292 g/mol. The summed E-state index contributed by atoms with van der Waals surface area (Å²) in [5.74, 6) is 0. The van der Waals surface area contributed by atoms with Crippen LogP contribution < -0.4 is 5.32 Å². The molecular formula is C17H32N4. The Labute approximate surface area is 129 Å². The Hall–Kier alpha value is -1.03. The van der Waals surface area contributed by atoms with Crippen LogP contribution in [-0.2, 0) is 6.54 Å². The number of nitrogens with one attached hydrogen (secondary N) is 1. The molecule has 1 aromatic rings. The second kappa shape index (κ2) is 7.30. The summed E-state index contributed by atoms with van der Waals surface area (Å²) in [7, 11) is 0. The Balaban J connectivity index is 1.78. The van der Waals surface area contributed by atoms with Gasteiger partial charge in [0.2, 0.25) is 0 Å². The van der Waals surface area contributed by atoms with E-state index < -0.39 is 0 Å². The maximum absolute atomic E-state index is 4.48. The first-order valence-electron chi connectivity index (χ1n) is 8.54. The Kier molecular flexibility index (Phi) is 5.68. The molecule has 1 aliphatic carbocycles. The molecule has 1 aromatic heterocycles. The van der Waals surface area contributed by atoms with Crippen LogP contribution in [0.25, 0.3) is 0 Å². The maximum Gasteiger partial charge on any atom is 0.0728 e. The lowest BCUT2D eigenvalue weighted by molar-refractivity contribution is 0.232. The summed E-state index contributed by atoms with van der Waals surface area (Å²) in [6, 6.07) is 0.624. The molecule has 0 bridgehead atoms. The number of rotatable bonds is 7. The van der Waals surface area contributed by atoms with Gasteiger partial charge in [-0.05, 0) is 44.2 Å². The predicted molar refractivity (Wildman–Crippen MR) is 89.7 cm³/mol. The first-order valence-corrected chi connectivity index (χ1v) is 8.54. The second-order valence-electron chi connectivity index (χ2n) is 7.10. The van der Waals surface area contributed by atoms with Gasteiger partial charge in [-0.15, -0.1) is 0 Å². The van der Waals surface area contributed by atoms with Crippen LogP contribution in [0.2, 0.25) is 0 Å². The van der Waals surface area contributed by atoms with Gasteiger partial charge in [0.15, 0.2) is 0 Å². The molecule has 1 saturated carbocycles. The van der Waals surface area contributed by atoms with E-state index in [0.717, 1.165) is 26.2 Å². The number of nitrogens with zero attached hydrogens (tertiary/aromatic N) is 3. The van der Waals surface area contributed by atoms with Gasteiger partial charge < -0.3 is 10.2 Å². The maximum atomic E-state index is 4.48. The minimum atomic E-state index is 0.534. The molecule has 1 heterocycles. The molecule has 1 N–H and O–H groups in total. The van der Waals surface area contributed by atoms with Gasteiger partial charge >= 0.3 is 0 Å². The molecule has 21 heavy (non-hydrogen) atoms. The summed E-state index contributed by atoms with van der Waals surface area (Å²) in [4.78, 5) is 2.43. The van der Waals surface area contributed by atoms with E-state index in [9.17, 15) is 0 Å². The third kappa shape index (κ3) is 5.03. The molecule has 1 aliphatic rings. The molecule has 0 saturated heterocycles. The van der Waals surface area contributed by atoms with Gasteiger partial charge in [0.1, 0.15) is 0 Å². The Bertz CT molecular complexity index is 410. The van der Waals surface area contributed by atoms with Crippen molar-refractivity contribution in [2.75, 3.05) is 25.0 Å². The number of hydrogen-bond acceptors (Lipinski definition) is 3. The van der Waals surface area contributed by atoms with Crippen molar-refractivity contribution in [1.29, 1.82) is 0 Å². The van der Waals surface area contributed by atoms with Gasteiger partial charge in [0.25, 0.3) is 0 Å². The van der Waals surface area contributed by atoms with E-state index in [1.54, 1.807) is 0 Å². The van der Waals surface area contributed by atoms with E-state index in [0.29, 0.717) is 11.5 Å². The summed E-state index contributed by atoms with van der Waals surface area (Å²) >= 11 is 0. The van der Waals surface area contributed by atoms with Crippen LogP contribution in [0.4, 0.5) is 5.69 Å². The van der Waals surface area contributed by atoms with Crippen molar-refractivity contribution in [2.24, 2.45) is 5.41 Å². The van der Waals surface area contributed by atoms with Crippen LogP contribution in [0.15, 0.2) is 12.4 Å². The molecule has 4 heteroatoms. The fraction of sp³-hybridized carbons (Fsp3) is 0.824. The molecule has 0 spiro atoms. The van der Waals surface area contributed by atoms with E-state index >= 15 is 0 Å². The van der Waals surface area contributed by atoms with Crippen molar-refractivity contribution in [3.63, 3.8) is 0 Å². The zero-order chi connectivity index (χ0) is 15.3. The van der Waals surface area contributed by atoms with Crippen LogP contribution >= 0.6 is 0 Å². The first-order chi connectivity index (χ1) is 10.0. The van der Waals surface area contributed by atoms with Crippen molar-refractivity contribution < 1.29 is 0 Å². The molecular weight excluding hydrogens is 260 g/mol. The van der Waals surface area contributed by atoms with Crippen LogP contribution in [-0.4, -0.2) is 40.4 Å². The lowest BCUT2D eigenvalue weighted by Crippen LogP contribution is -2.29. The highest BCUT2D eigenvalue weighted by Crippen LogP contribution is 2.35. The molecule has 0 amide bonds. The molecule has 0 aliphatic heterocycles. The highest BCUT2D eigenvalue weighted by Gasteiger charge is 2.26. The highest BCUT2D eigenvalue weighted by molar-refractivity contribution is 5.39. The minimum Gasteiger partial charge on any atom is -0.380 e. The van der Waals surface area contributed by atoms with Crippen LogP contribution in [0.5, 0.6) is 0 Å². The van der Waals surface area contributed by atoms with Gasteiger partial charge in [-0.25, -0.2) is 0 Å². The van der Waals surface area contributed by atoms with Gasteiger partial charge in [-0.2, -0.15) is 5.10 Å². The molecule has 120 valence electrons. The van der Waals surface area contributed by atoms with E-state index in [2.05, 4.69) is 53.9 Å². The molecule has 1 fully saturated rings. The van der Waals surface area contributed by atoms with E-state index in [1.807, 2.05) is 6.20 Å². The zero-order valence-corrected chi connectivity index (χ0v) is 14.2. The molecule has 0 radical (unpaired) electrons. The van der Waals surface area contributed by atoms with Crippen molar-refractivity contribution >= 4 is 5.69 Å². The number of anilines is 1. The zero-order valence-electron chi connectivity index (χ0n) is 14.2. The van der Waals surface area contributed by atoms with Crippen molar-refractivity contribution in [3.8, 4) is 0 Å². The van der Waals surface area contributed by atoms with Gasteiger partial charge in [0.05, 0.1) is 18.4 Å². The minimum absolute atomic E-state index is 0.534. The Morgan fingerprint density at radius 1 is 1.29 bits per heavy atom. The van der Waals surface area contributed by atoms with E-state index in [1.165, 1.54) is 31.4 Å². The fourth-order valence-corrected chi connectivity index (χ4v) is 3.12. The SMILES string of the molecule is CCN(CC)CCn1cc(NC2CCC(C)(C)CC2)cn1. The summed E-state index contributed by atoms with van der Waals surface area (Å²) in [6.07, 6.45) is 9.32. The standard InChI is InChI=1S/C17H32N4/c1-5-20(6-2)11-12-21-14-16(13-18-21)19-15-7-9-17(3,4)10-8-15/h13-15,19H,5-12H2,1-4H3. The smallest absolute Gasteiger partial charge is 0.0728 e. The normalized spacial score (nSPS) is 19.1. The highest BCUT2D eigenvalue weighted by atomic mass is 15.3. The molecule has 4 nitrogen and oxygen atoms in total. The molecule has 0 aromatic carbocycles. The summed E-state index contributed by atoms with van der Waals surface area (Å²) < 4.78 is 2.06. The lowest BCUT2D eigenvalue weighted by Gasteiger charge is -2.34. The molecule has 2 rings (SSSR count). The number of aromatic nitrogens is 2. The van der Waals surface area contributed by atoms with Crippen molar-refractivity contribution in [1.82, 2.24) is 14.7 Å². The Morgan fingerprint density at radius 2 is 1.95 bits per heavy atom. The third-order valence-corrected chi connectivity index (χ3v) is 4.88. The van der Waals surface area contributed by atoms with Crippen LogP contribution in [0.1, 0.15) is 53.4 Å². The van der Waals surface area contributed by atoms with Crippen molar-refractivity contribution in [2.45, 2.75) is 66.0 Å². The van der Waals surface area contributed by atoms with E-state index in [4.69, 9.17) is 0 Å². The number of hydrogen-bond donors (Lipinski definition) is 1. The molecule has 0 unspecified atom stereocenters. The monoisotopic (exact) mass is 292 g/mol. The lowest BCUT2D eigenvalue weighted by atomic mass is 9.75. The largest absolute Gasteiger partial charge is 0.380 e. The average Bonchev–Trinajstić information content (AvgIpc) is 2.90. The predicted octanol–water partition coefficient (Wildman–Crippen LogP) is 3.61. The van der Waals surface area contributed by atoms with Crippen molar-refractivity contribution in [3.05, 3.63) is 12.4 Å². The second-order valence-corrected chi connectivity index (χ2v) is 7.10. The summed E-state index contributed by atoms with van der Waals surface area (Å²) in [5.41, 5.74) is 1.71. The van der Waals surface area contributed by atoms with Crippen LogP contribution in [0.3, 0.4) is 0 Å². The van der Waals surface area contributed by atoms with Crippen LogP contribution in [0, 0.1) is 5.41 Å². The van der Waals surface area contributed by atoms with Gasteiger partial charge in [-0.3, -0.25) is 4.68 Å². The van der Waals surface area contributed by atoms with Gasteiger partial charge in [0, 0.05) is 18.8 Å².